The molecule has 126 valence electrons. The normalized spacial score (nSPS) is 44.9. The van der Waals surface area contributed by atoms with Gasteiger partial charge in [0.15, 0.2) is 11.5 Å². The van der Waals surface area contributed by atoms with Gasteiger partial charge in [-0.3, -0.25) is 9.69 Å². The zero-order valence-electron chi connectivity index (χ0n) is 24.3. The zero-order chi connectivity index (χ0) is 26.3. The number of ketones is 1. The van der Waals surface area contributed by atoms with E-state index in [9.17, 15) is 4.79 Å². The molecule has 0 aromatic heterocycles. The van der Waals surface area contributed by atoms with Crippen LogP contribution in [0.3, 0.4) is 0 Å². The second-order valence-corrected chi connectivity index (χ2v) is 5.98. The Morgan fingerprint density at radius 2 is 2.22 bits per heavy atom. The highest BCUT2D eigenvalue weighted by molar-refractivity contribution is 5.83. The van der Waals surface area contributed by atoms with Gasteiger partial charge < -0.3 is 9.47 Å². The molecule has 1 aromatic rings. The number of piperidine rings is 1. The highest BCUT2D eigenvalue weighted by Gasteiger charge is 2.38. The van der Waals surface area contributed by atoms with Crippen LogP contribution in [0.2, 0.25) is 0 Å². The van der Waals surface area contributed by atoms with Crippen LogP contribution in [-0.2, 0) is 11.2 Å². The molecule has 0 amide bonds. The van der Waals surface area contributed by atoms with Crippen LogP contribution in [0.15, 0.2) is 12.1 Å². The fraction of sp³-hybridized carbons (Fsp3) is 0.632. The molecule has 1 saturated heterocycles. The van der Waals surface area contributed by atoms with Crippen LogP contribution < -0.4 is 9.47 Å². The van der Waals surface area contributed by atoms with Crippen molar-refractivity contribution >= 4 is 5.78 Å². The summed E-state index contributed by atoms with van der Waals surface area (Å²) in [6.45, 7) is -0.325. The van der Waals surface area contributed by atoms with E-state index in [1.807, 2.05) is 0 Å². The van der Waals surface area contributed by atoms with Gasteiger partial charge in [0.05, 0.1) is 19.6 Å². The molecular formula is C19H27NO3. The maximum atomic E-state index is 13.3. The van der Waals surface area contributed by atoms with Gasteiger partial charge in [0.1, 0.15) is 5.78 Å². The van der Waals surface area contributed by atoms with Gasteiger partial charge in [0.25, 0.3) is 0 Å². The minimum Gasteiger partial charge on any atom is -0.493 e. The van der Waals surface area contributed by atoms with E-state index < -0.39 is 67.4 Å². The Labute approximate surface area is 154 Å². The van der Waals surface area contributed by atoms with E-state index in [4.69, 9.17) is 24.6 Å². The molecular weight excluding hydrogens is 290 g/mol. The number of methoxy groups -OCH3 is 2. The lowest BCUT2D eigenvalue weighted by Crippen LogP contribution is -2.46. The number of fused-ring (bicyclic) bond motifs is 3. The monoisotopic (exact) mass is 328 g/mol. The quantitative estimate of drug-likeness (QED) is 0.850. The first kappa shape index (κ1) is 7.56. The van der Waals surface area contributed by atoms with Crippen molar-refractivity contribution in [1.82, 2.24) is 4.90 Å². The molecule has 1 aromatic carbocycles. The predicted octanol–water partition coefficient (Wildman–Crippen LogP) is 3.24. The molecule has 0 N–H and O–H groups in total. The molecule has 0 aliphatic carbocycles. The van der Waals surface area contributed by atoms with Crippen LogP contribution in [0.4, 0.5) is 0 Å². The first-order valence-electron chi connectivity index (χ1n) is 12.9. The number of hydrogen-bond acceptors (Lipinski definition) is 4. The molecule has 0 radical (unpaired) electrons. The molecule has 2 unspecified atom stereocenters. The van der Waals surface area contributed by atoms with Crippen molar-refractivity contribution < 1.29 is 29.3 Å². The maximum Gasteiger partial charge on any atom is 0.161 e. The van der Waals surface area contributed by atoms with Gasteiger partial charge >= 0.3 is 0 Å². The third-order valence-corrected chi connectivity index (χ3v) is 3.82. The van der Waals surface area contributed by atoms with Crippen LogP contribution in [0, 0.1) is 11.8 Å². The van der Waals surface area contributed by atoms with Gasteiger partial charge in [-0.15, -0.1) is 0 Å². The van der Waals surface area contributed by atoms with Crippen molar-refractivity contribution in [2.45, 2.75) is 39.0 Å². The van der Waals surface area contributed by atoms with Crippen molar-refractivity contribution in [3.63, 3.8) is 0 Å². The molecule has 0 bridgehead atoms. The molecule has 4 heteroatoms. The van der Waals surface area contributed by atoms with Gasteiger partial charge in [-0.05, 0) is 42.0 Å². The summed E-state index contributed by atoms with van der Waals surface area (Å²) in [4.78, 5) is 13.9. The van der Waals surface area contributed by atoms with Crippen LogP contribution in [0.25, 0.3) is 0 Å². The molecule has 2 heterocycles. The number of Topliss-reactive ketones (excluding diaryl/α,β-unsaturated/α-hetero) is 1. The Morgan fingerprint density at radius 1 is 1.43 bits per heavy atom. The van der Waals surface area contributed by atoms with Crippen LogP contribution in [0.1, 0.15) is 58.9 Å². The third-order valence-electron chi connectivity index (χ3n) is 3.82. The second kappa shape index (κ2) is 6.52. The van der Waals surface area contributed by atoms with Crippen LogP contribution in [0.5, 0.6) is 11.5 Å². The SMILES string of the molecule is [2H]C([2H])([2H])Oc1cc2c(cc1OC)C([2H])([2H])C([2H])([2H])N1CC([2H])(CC(C)C)C(=O)C([2H])([2H])C21[2H]. The Hall–Kier alpha value is -1.55. The van der Waals surface area contributed by atoms with Gasteiger partial charge in [-0.2, -0.15) is 0 Å². The minimum absolute atomic E-state index is 0.125. The molecule has 4 nitrogen and oxygen atoms in total. The lowest BCUT2D eigenvalue weighted by molar-refractivity contribution is -0.129. The van der Waals surface area contributed by atoms with E-state index in [-0.39, 0.29) is 18.1 Å². The highest BCUT2D eigenvalue weighted by atomic mass is 16.5. The van der Waals surface area contributed by atoms with Crippen molar-refractivity contribution in [3.8, 4) is 11.5 Å². The summed E-state index contributed by atoms with van der Waals surface area (Å²) in [6, 6.07) is -0.938. The van der Waals surface area contributed by atoms with Crippen LogP contribution in [-0.4, -0.2) is 37.9 Å². The smallest absolute Gasteiger partial charge is 0.161 e. The van der Waals surface area contributed by atoms with E-state index in [1.165, 1.54) is 0 Å². The first-order chi connectivity index (χ1) is 15.2. The summed E-state index contributed by atoms with van der Waals surface area (Å²) in [5, 5.41) is 0. The number of nitrogens with zero attached hydrogens (tertiary/aromatic N) is 1. The summed E-state index contributed by atoms with van der Waals surface area (Å²) in [5.74, 6) is -4.30. The first-order valence-corrected chi connectivity index (χ1v) is 7.41. The summed E-state index contributed by atoms with van der Waals surface area (Å²) in [7, 11) is -1.80. The number of carbonyl (C=O) groups is 1. The Kier molecular flexibility index (Phi) is 2.14. The number of ether oxygens (including phenoxy) is 2. The number of aryl methyl sites for hydroxylation is 1. The number of benzene rings is 1. The largest absolute Gasteiger partial charge is 0.493 e. The lowest BCUT2D eigenvalue weighted by atomic mass is 9.80. The van der Waals surface area contributed by atoms with Crippen molar-refractivity contribution in [3.05, 3.63) is 23.3 Å². The van der Waals surface area contributed by atoms with E-state index in [2.05, 4.69) is 0 Å². The van der Waals surface area contributed by atoms with Crippen molar-refractivity contribution in [2.75, 3.05) is 27.2 Å². The number of hydrogen-bond donors (Lipinski definition) is 0. The third kappa shape index (κ3) is 3.09. The fourth-order valence-corrected chi connectivity index (χ4v) is 2.79. The van der Waals surface area contributed by atoms with Gasteiger partial charge in [-0.1, -0.05) is 13.8 Å². The van der Waals surface area contributed by atoms with Crippen molar-refractivity contribution in [2.24, 2.45) is 11.8 Å². The number of carbonyl (C=O) groups excluding carboxylic acids is 1. The average Bonchev–Trinajstić information content (AvgIpc) is 2.66. The average molecular weight is 328 g/mol. The second-order valence-electron chi connectivity index (χ2n) is 5.98. The number of rotatable bonds is 4. The van der Waals surface area contributed by atoms with E-state index in [0.717, 1.165) is 19.2 Å². The Balaban J connectivity index is 2.39. The molecule has 2 aliphatic heterocycles. The molecule has 0 saturated carbocycles. The Bertz CT molecular complexity index is 1010. The van der Waals surface area contributed by atoms with E-state index in [1.54, 1.807) is 13.8 Å². The molecule has 2 atom stereocenters. The van der Waals surface area contributed by atoms with Gasteiger partial charge in [0.2, 0.25) is 0 Å². The predicted molar refractivity (Wildman–Crippen MR) is 90.1 cm³/mol. The summed E-state index contributed by atoms with van der Waals surface area (Å²) < 4.78 is 102. The molecule has 1 fully saturated rings. The summed E-state index contributed by atoms with van der Waals surface area (Å²) >= 11 is 0. The van der Waals surface area contributed by atoms with Gasteiger partial charge in [0, 0.05) is 40.9 Å². The molecule has 0 spiro atoms. The molecule has 3 rings (SSSR count). The van der Waals surface area contributed by atoms with Crippen molar-refractivity contribution in [1.29, 1.82) is 0 Å². The van der Waals surface area contributed by atoms with Crippen LogP contribution >= 0.6 is 0 Å². The van der Waals surface area contributed by atoms with Gasteiger partial charge in [-0.25, -0.2) is 0 Å². The standard InChI is InChI=1S/C19H27NO3/c1-12(2)7-14-11-20-6-5-13-8-18(22-3)19(23-4)9-15(13)16(20)10-17(14)21/h8-9,12,14,16H,5-7,10-11H2,1-4H3/i4D3,5D2,6D2,10D2,14D,16D. The minimum atomic E-state index is -3.16. The highest BCUT2D eigenvalue weighted by Crippen LogP contribution is 2.42. The maximum absolute atomic E-state index is 13.3. The van der Waals surface area contributed by atoms with E-state index >= 15 is 0 Å². The fourth-order valence-electron chi connectivity index (χ4n) is 2.79. The summed E-state index contributed by atoms with van der Waals surface area (Å²) in [5.41, 5.74) is -0.950. The summed E-state index contributed by atoms with van der Waals surface area (Å²) in [6.07, 6.45) is -6.14. The topological polar surface area (TPSA) is 38.8 Å². The Morgan fingerprint density at radius 3 is 2.91 bits per heavy atom. The zero-order valence-corrected chi connectivity index (χ0v) is 13.3. The lowest BCUT2D eigenvalue weighted by Gasteiger charge is -2.43. The molecule has 2 aliphatic rings. The van der Waals surface area contributed by atoms with E-state index in [0.29, 0.717) is 4.90 Å². The molecule has 23 heavy (non-hydrogen) atoms.